The lowest BCUT2D eigenvalue weighted by atomic mass is 9.87. The molecule has 1 heteroatoms. The van der Waals surface area contributed by atoms with Gasteiger partial charge < -0.3 is 4.90 Å². The van der Waals surface area contributed by atoms with Crippen LogP contribution in [0.25, 0.3) is 11.3 Å². The van der Waals surface area contributed by atoms with Gasteiger partial charge >= 0.3 is 0 Å². The van der Waals surface area contributed by atoms with Crippen molar-refractivity contribution >= 4 is 17.0 Å². The SMILES string of the molecule is C=C1CCCc2cc(C(=C)N(C)c3ccccc3)ccc21.CC. The smallest absolute Gasteiger partial charge is 0.0408 e. The minimum absolute atomic E-state index is 1.03. The van der Waals surface area contributed by atoms with Crippen molar-refractivity contribution < 1.29 is 0 Å². The van der Waals surface area contributed by atoms with Gasteiger partial charge in [-0.05, 0) is 59.7 Å². The van der Waals surface area contributed by atoms with Crippen LogP contribution in [0.5, 0.6) is 0 Å². The molecular formula is C22H27N. The number of para-hydroxylation sites is 1. The summed E-state index contributed by atoms with van der Waals surface area (Å²) in [5, 5.41) is 0. The summed E-state index contributed by atoms with van der Waals surface area (Å²) in [6.07, 6.45) is 3.47. The summed E-state index contributed by atoms with van der Waals surface area (Å²) in [6.45, 7) is 12.5. The van der Waals surface area contributed by atoms with E-state index >= 15 is 0 Å². The van der Waals surface area contributed by atoms with E-state index < -0.39 is 0 Å². The topological polar surface area (TPSA) is 3.24 Å². The Labute approximate surface area is 141 Å². The van der Waals surface area contributed by atoms with E-state index in [1.807, 2.05) is 19.9 Å². The average Bonchev–Trinajstić information content (AvgIpc) is 2.63. The molecule has 0 aromatic heterocycles. The molecule has 120 valence electrons. The Bertz CT molecular complexity index is 682. The number of nitrogens with zero attached hydrogens (tertiary/aromatic N) is 1. The average molecular weight is 305 g/mol. The van der Waals surface area contributed by atoms with Gasteiger partial charge in [-0.3, -0.25) is 0 Å². The lowest BCUT2D eigenvalue weighted by Gasteiger charge is -2.24. The van der Waals surface area contributed by atoms with Gasteiger partial charge in [0.05, 0.1) is 0 Å². The predicted molar refractivity (Wildman–Crippen MR) is 104 cm³/mol. The summed E-state index contributed by atoms with van der Waals surface area (Å²) in [5.41, 5.74) is 7.39. The summed E-state index contributed by atoms with van der Waals surface area (Å²) in [5.74, 6) is 0. The van der Waals surface area contributed by atoms with Crippen LogP contribution in [0.2, 0.25) is 0 Å². The third kappa shape index (κ3) is 3.73. The van der Waals surface area contributed by atoms with E-state index in [0.29, 0.717) is 0 Å². The van der Waals surface area contributed by atoms with E-state index in [9.17, 15) is 0 Å². The first-order valence-corrected chi connectivity index (χ1v) is 8.46. The fraction of sp³-hybridized carbons (Fsp3) is 0.273. The predicted octanol–water partition coefficient (Wildman–Crippen LogP) is 6.17. The van der Waals surface area contributed by atoms with Gasteiger partial charge in [-0.2, -0.15) is 0 Å². The molecule has 0 aliphatic heterocycles. The molecule has 2 aromatic rings. The maximum atomic E-state index is 4.27. The zero-order valence-corrected chi connectivity index (χ0v) is 14.6. The molecule has 0 amide bonds. The number of allylic oxidation sites excluding steroid dienone is 1. The fourth-order valence-corrected chi connectivity index (χ4v) is 2.95. The molecule has 23 heavy (non-hydrogen) atoms. The number of aryl methyl sites for hydroxylation is 1. The number of hydrogen-bond donors (Lipinski definition) is 0. The number of fused-ring (bicyclic) bond motifs is 1. The molecule has 1 aliphatic rings. The molecule has 0 radical (unpaired) electrons. The summed E-state index contributed by atoms with van der Waals surface area (Å²) >= 11 is 0. The molecule has 1 nitrogen and oxygen atoms in total. The largest absolute Gasteiger partial charge is 0.345 e. The quantitative estimate of drug-likeness (QED) is 0.655. The Hall–Kier alpha value is -2.28. The van der Waals surface area contributed by atoms with Crippen molar-refractivity contribution in [3.05, 3.63) is 78.4 Å². The van der Waals surface area contributed by atoms with Crippen molar-refractivity contribution in [3.63, 3.8) is 0 Å². The van der Waals surface area contributed by atoms with Gasteiger partial charge in [0.2, 0.25) is 0 Å². The van der Waals surface area contributed by atoms with Gasteiger partial charge in [0.25, 0.3) is 0 Å². The lowest BCUT2D eigenvalue weighted by Crippen LogP contribution is -2.15. The Morgan fingerprint density at radius 1 is 1.00 bits per heavy atom. The minimum Gasteiger partial charge on any atom is -0.345 e. The second kappa shape index (κ2) is 7.82. The van der Waals surface area contributed by atoms with E-state index in [2.05, 4.69) is 67.6 Å². The van der Waals surface area contributed by atoms with Crippen LogP contribution < -0.4 is 4.90 Å². The highest BCUT2D eigenvalue weighted by molar-refractivity contribution is 5.79. The highest BCUT2D eigenvalue weighted by Gasteiger charge is 2.15. The number of hydrogen-bond acceptors (Lipinski definition) is 1. The highest BCUT2D eigenvalue weighted by atomic mass is 15.1. The Balaban J connectivity index is 0.000000924. The molecule has 2 aromatic carbocycles. The van der Waals surface area contributed by atoms with Gasteiger partial charge in [0.1, 0.15) is 0 Å². The molecule has 0 bridgehead atoms. The first kappa shape index (κ1) is 17.1. The Kier molecular flexibility index (Phi) is 5.81. The number of anilines is 1. The number of benzene rings is 2. The third-order valence-corrected chi connectivity index (χ3v) is 4.29. The molecule has 0 saturated carbocycles. The maximum Gasteiger partial charge on any atom is 0.0408 e. The van der Waals surface area contributed by atoms with Crippen LogP contribution in [-0.4, -0.2) is 7.05 Å². The van der Waals surface area contributed by atoms with E-state index in [1.165, 1.54) is 28.7 Å². The van der Waals surface area contributed by atoms with Crippen LogP contribution >= 0.6 is 0 Å². The summed E-state index contributed by atoms with van der Waals surface area (Å²) in [6, 6.07) is 17.0. The molecule has 0 N–H and O–H groups in total. The molecule has 1 aliphatic carbocycles. The van der Waals surface area contributed by atoms with Crippen molar-refractivity contribution in [1.29, 1.82) is 0 Å². The fourth-order valence-electron chi connectivity index (χ4n) is 2.95. The van der Waals surface area contributed by atoms with Crippen molar-refractivity contribution in [3.8, 4) is 0 Å². The molecule has 0 fully saturated rings. The molecule has 0 atom stereocenters. The number of rotatable bonds is 3. The monoisotopic (exact) mass is 305 g/mol. The Morgan fingerprint density at radius 2 is 1.70 bits per heavy atom. The van der Waals surface area contributed by atoms with E-state index in [0.717, 1.165) is 24.2 Å². The molecule has 0 unspecified atom stereocenters. The van der Waals surface area contributed by atoms with Crippen molar-refractivity contribution in [1.82, 2.24) is 0 Å². The van der Waals surface area contributed by atoms with Crippen molar-refractivity contribution in [2.75, 3.05) is 11.9 Å². The van der Waals surface area contributed by atoms with E-state index in [1.54, 1.807) is 0 Å². The standard InChI is InChI=1S/C20H21N.C2H6/c1-15-8-7-9-18-14-17(12-13-20(15)18)16(2)21(3)19-10-5-4-6-11-19;1-2/h4-6,10-14H,1-2,7-9H2,3H3;1-2H3. The third-order valence-electron chi connectivity index (χ3n) is 4.29. The summed E-state index contributed by atoms with van der Waals surface area (Å²) in [4.78, 5) is 2.14. The van der Waals surface area contributed by atoms with E-state index in [-0.39, 0.29) is 0 Å². The molecular weight excluding hydrogens is 278 g/mol. The van der Waals surface area contributed by atoms with Gasteiger partial charge in [-0.25, -0.2) is 0 Å². The van der Waals surface area contributed by atoms with Crippen LogP contribution in [0, 0.1) is 0 Å². The second-order valence-corrected chi connectivity index (χ2v) is 5.67. The minimum atomic E-state index is 1.03. The normalized spacial score (nSPS) is 12.7. The van der Waals surface area contributed by atoms with Crippen molar-refractivity contribution in [2.45, 2.75) is 33.1 Å². The highest BCUT2D eigenvalue weighted by Crippen LogP contribution is 2.32. The van der Waals surface area contributed by atoms with Crippen molar-refractivity contribution in [2.24, 2.45) is 0 Å². The van der Waals surface area contributed by atoms with Crippen LogP contribution in [-0.2, 0) is 6.42 Å². The zero-order valence-electron chi connectivity index (χ0n) is 14.6. The molecule has 0 spiro atoms. The molecule has 3 rings (SSSR count). The van der Waals surface area contributed by atoms with Crippen LogP contribution in [0.15, 0.2) is 61.7 Å². The first-order chi connectivity index (χ1) is 11.2. The van der Waals surface area contributed by atoms with Crippen LogP contribution in [0.1, 0.15) is 43.4 Å². The van der Waals surface area contributed by atoms with Crippen LogP contribution in [0.3, 0.4) is 0 Å². The zero-order chi connectivity index (χ0) is 16.8. The summed E-state index contributed by atoms with van der Waals surface area (Å²) in [7, 11) is 2.07. The van der Waals surface area contributed by atoms with Crippen LogP contribution in [0.4, 0.5) is 5.69 Å². The lowest BCUT2D eigenvalue weighted by molar-refractivity contribution is 0.823. The summed E-state index contributed by atoms with van der Waals surface area (Å²) < 4.78 is 0. The molecule has 0 heterocycles. The van der Waals surface area contributed by atoms with E-state index in [4.69, 9.17) is 0 Å². The maximum absolute atomic E-state index is 4.27. The van der Waals surface area contributed by atoms with Gasteiger partial charge in [0, 0.05) is 18.4 Å². The van der Waals surface area contributed by atoms with Gasteiger partial charge in [-0.1, -0.05) is 57.3 Å². The Morgan fingerprint density at radius 3 is 2.39 bits per heavy atom. The first-order valence-electron chi connectivity index (χ1n) is 8.46. The second-order valence-electron chi connectivity index (χ2n) is 5.67. The molecule has 0 saturated heterocycles. The van der Waals surface area contributed by atoms with Gasteiger partial charge in [-0.15, -0.1) is 0 Å². The van der Waals surface area contributed by atoms with Gasteiger partial charge in [0.15, 0.2) is 0 Å².